The van der Waals surface area contributed by atoms with Gasteiger partial charge >= 0.3 is 0 Å². The van der Waals surface area contributed by atoms with Crippen molar-refractivity contribution in [2.24, 2.45) is 0 Å². The first-order valence-corrected chi connectivity index (χ1v) is 8.14. The fourth-order valence-corrected chi connectivity index (χ4v) is 3.32. The Hall–Kier alpha value is -1.36. The molecule has 118 valence electrons. The SMILES string of the molecule is Cc1cc(CN2CCN(C(C)c3ccccc3Cl)CC2)on1. The number of hydrogen-bond acceptors (Lipinski definition) is 4. The molecule has 2 heterocycles. The van der Waals surface area contributed by atoms with Gasteiger partial charge in [-0.05, 0) is 25.5 Å². The van der Waals surface area contributed by atoms with Crippen LogP contribution in [0, 0.1) is 6.92 Å². The lowest BCUT2D eigenvalue weighted by Crippen LogP contribution is -2.46. The van der Waals surface area contributed by atoms with Crippen LogP contribution in [0.5, 0.6) is 0 Å². The van der Waals surface area contributed by atoms with Crippen molar-refractivity contribution in [1.29, 1.82) is 0 Å². The summed E-state index contributed by atoms with van der Waals surface area (Å²) in [6, 6.07) is 10.5. The number of aryl methyl sites for hydroxylation is 1. The average molecular weight is 320 g/mol. The van der Waals surface area contributed by atoms with E-state index in [1.54, 1.807) is 0 Å². The second-order valence-electron chi connectivity index (χ2n) is 5.94. The fourth-order valence-electron chi connectivity index (χ4n) is 3.03. The maximum atomic E-state index is 6.32. The van der Waals surface area contributed by atoms with Crippen molar-refractivity contribution in [2.75, 3.05) is 26.2 Å². The van der Waals surface area contributed by atoms with Gasteiger partial charge in [0.1, 0.15) is 0 Å². The van der Waals surface area contributed by atoms with E-state index in [4.69, 9.17) is 16.1 Å². The van der Waals surface area contributed by atoms with Crippen LogP contribution in [0.15, 0.2) is 34.9 Å². The zero-order chi connectivity index (χ0) is 15.5. The van der Waals surface area contributed by atoms with Crippen molar-refractivity contribution in [3.63, 3.8) is 0 Å². The Bertz CT molecular complexity index is 620. The Balaban J connectivity index is 1.56. The molecule has 1 aromatic carbocycles. The number of benzene rings is 1. The molecule has 1 atom stereocenters. The summed E-state index contributed by atoms with van der Waals surface area (Å²) in [5, 5.41) is 4.80. The van der Waals surface area contributed by atoms with Gasteiger partial charge in [-0.1, -0.05) is 35.0 Å². The molecule has 0 aliphatic carbocycles. The normalized spacial score (nSPS) is 18.5. The van der Waals surface area contributed by atoms with Crippen molar-refractivity contribution < 1.29 is 4.52 Å². The summed E-state index contributed by atoms with van der Waals surface area (Å²) < 4.78 is 5.30. The van der Waals surface area contributed by atoms with Gasteiger partial charge in [0.15, 0.2) is 5.76 Å². The van der Waals surface area contributed by atoms with Gasteiger partial charge in [0.25, 0.3) is 0 Å². The number of aromatic nitrogens is 1. The molecular formula is C17H22ClN3O. The molecule has 2 aromatic rings. The zero-order valence-corrected chi connectivity index (χ0v) is 13.9. The van der Waals surface area contributed by atoms with Crippen molar-refractivity contribution >= 4 is 11.6 Å². The van der Waals surface area contributed by atoms with E-state index in [9.17, 15) is 0 Å². The molecule has 1 aliphatic rings. The third-order valence-corrected chi connectivity index (χ3v) is 4.71. The summed E-state index contributed by atoms with van der Waals surface area (Å²) >= 11 is 6.32. The lowest BCUT2D eigenvalue weighted by Gasteiger charge is -2.38. The number of rotatable bonds is 4. The molecule has 3 rings (SSSR count). The molecule has 22 heavy (non-hydrogen) atoms. The minimum Gasteiger partial charge on any atom is -0.360 e. The second-order valence-corrected chi connectivity index (χ2v) is 6.35. The van der Waals surface area contributed by atoms with E-state index in [-0.39, 0.29) is 0 Å². The molecule has 1 unspecified atom stereocenters. The third-order valence-electron chi connectivity index (χ3n) is 4.37. The van der Waals surface area contributed by atoms with Crippen LogP contribution in [0.2, 0.25) is 5.02 Å². The topological polar surface area (TPSA) is 32.5 Å². The van der Waals surface area contributed by atoms with E-state index >= 15 is 0 Å². The van der Waals surface area contributed by atoms with Crippen LogP contribution in [-0.4, -0.2) is 41.1 Å². The van der Waals surface area contributed by atoms with Crippen LogP contribution in [0.1, 0.15) is 30.0 Å². The van der Waals surface area contributed by atoms with Crippen LogP contribution >= 0.6 is 11.6 Å². The molecule has 0 saturated carbocycles. The molecule has 1 aromatic heterocycles. The van der Waals surface area contributed by atoms with E-state index in [1.807, 2.05) is 25.1 Å². The maximum Gasteiger partial charge on any atom is 0.150 e. The van der Waals surface area contributed by atoms with Crippen molar-refractivity contribution in [1.82, 2.24) is 15.0 Å². The summed E-state index contributed by atoms with van der Waals surface area (Å²) in [5.74, 6) is 0.949. The largest absolute Gasteiger partial charge is 0.360 e. The number of piperazine rings is 1. The van der Waals surface area contributed by atoms with E-state index in [1.165, 1.54) is 5.56 Å². The molecule has 0 radical (unpaired) electrons. The van der Waals surface area contributed by atoms with E-state index in [2.05, 4.69) is 34.0 Å². The smallest absolute Gasteiger partial charge is 0.150 e. The molecule has 0 spiro atoms. The van der Waals surface area contributed by atoms with Gasteiger partial charge in [0.05, 0.1) is 12.2 Å². The summed E-state index contributed by atoms with van der Waals surface area (Å²) in [5.41, 5.74) is 2.16. The molecule has 4 nitrogen and oxygen atoms in total. The lowest BCUT2D eigenvalue weighted by molar-refractivity contribution is 0.0917. The predicted molar refractivity (Wildman–Crippen MR) is 88.0 cm³/mol. The summed E-state index contributed by atoms with van der Waals surface area (Å²) in [7, 11) is 0. The van der Waals surface area contributed by atoms with Gasteiger partial charge in [0.2, 0.25) is 0 Å². The van der Waals surface area contributed by atoms with Gasteiger partial charge in [-0.15, -0.1) is 0 Å². The molecule has 1 saturated heterocycles. The van der Waals surface area contributed by atoms with Crippen molar-refractivity contribution in [3.05, 3.63) is 52.4 Å². The monoisotopic (exact) mass is 319 g/mol. The molecule has 0 amide bonds. The Morgan fingerprint density at radius 1 is 1.23 bits per heavy atom. The Labute approximate surface area is 136 Å². The highest BCUT2D eigenvalue weighted by molar-refractivity contribution is 6.31. The first-order valence-electron chi connectivity index (χ1n) is 7.76. The van der Waals surface area contributed by atoms with E-state index in [0.717, 1.165) is 49.2 Å². The minimum atomic E-state index is 0.350. The number of hydrogen-bond donors (Lipinski definition) is 0. The quantitative estimate of drug-likeness (QED) is 0.863. The Morgan fingerprint density at radius 2 is 1.95 bits per heavy atom. The van der Waals surface area contributed by atoms with E-state index in [0.29, 0.717) is 6.04 Å². The first-order chi connectivity index (χ1) is 10.6. The summed E-state index contributed by atoms with van der Waals surface area (Å²) in [4.78, 5) is 4.90. The molecule has 1 fully saturated rings. The minimum absolute atomic E-state index is 0.350. The molecule has 1 aliphatic heterocycles. The van der Waals surface area contributed by atoms with Crippen molar-refractivity contribution in [3.8, 4) is 0 Å². The van der Waals surface area contributed by atoms with E-state index < -0.39 is 0 Å². The second kappa shape index (κ2) is 6.82. The highest BCUT2D eigenvalue weighted by Gasteiger charge is 2.23. The van der Waals surface area contributed by atoms with Gasteiger partial charge < -0.3 is 4.52 Å². The van der Waals surface area contributed by atoms with Gasteiger partial charge in [-0.25, -0.2) is 0 Å². The highest BCUT2D eigenvalue weighted by Crippen LogP contribution is 2.27. The summed E-state index contributed by atoms with van der Waals surface area (Å²) in [6.07, 6.45) is 0. The molecule has 0 N–H and O–H groups in total. The van der Waals surface area contributed by atoms with Gasteiger partial charge in [0, 0.05) is 43.3 Å². The molecular weight excluding hydrogens is 298 g/mol. The molecule has 5 heteroatoms. The summed E-state index contributed by atoms with van der Waals surface area (Å²) in [6.45, 7) is 9.18. The van der Waals surface area contributed by atoms with Crippen LogP contribution in [0.25, 0.3) is 0 Å². The average Bonchev–Trinajstić information content (AvgIpc) is 2.93. The van der Waals surface area contributed by atoms with Gasteiger partial charge in [-0.2, -0.15) is 0 Å². The standard InChI is InChI=1S/C17H22ClN3O/c1-13-11-15(22-19-13)12-20-7-9-21(10-8-20)14(2)16-5-3-4-6-17(16)18/h3-6,11,14H,7-10,12H2,1-2H3. The number of halogens is 1. The van der Waals surface area contributed by atoms with Crippen molar-refractivity contribution in [2.45, 2.75) is 26.4 Å². The van der Waals surface area contributed by atoms with Gasteiger partial charge in [-0.3, -0.25) is 9.80 Å². The predicted octanol–water partition coefficient (Wildman–Crippen LogP) is 3.52. The Morgan fingerprint density at radius 3 is 2.59 bits per heavy atom. The van der Waals surface area contributed by atoms with Crippen LogP contribution in [0.4, 0.5) is 0 Å². The maximum absolute atomic E-state index is 6.32. The lowest BCUT2D eigenvalue weighted by atomic mass is 10.1. The van der Waals surface area contributed by atoms with Crippen LogP contribution in [-0.2, 0) is 6.54 Å². The molecule has 0 bridgehead atoms. The fraction of sp³-hybridized carbons (Fsp3) is 0.471. The van der Waals surface area contributed by atoms with Crippen LogP contribution < -0.4 is 0 Å². The van der Waals surface area contributed by atoms with Crippen LogP contribution in [0.3, 0.4) is 0 Å². The Kier molecular flexibility index (Phi) is 4.81. The zero-order valence-electron chi connectivity index (χ0n) is 13.1. The number of nitrogens with zero attached hydrogens (tertiary/aromatic N) is 3. The first kappa shape index (κ1) is 15.5. The third kappa shape index (κ3) is 3.51. The highest BCUT2D eigenvalue weighted by atomic mass is 35.5.